The minimum absolute atomic E-state index is 0.00887. The number of rotatable bonds is 5. The lowest BCUT2D eigenvalue weighted by Gasteiger charge is -1.97. The molecular weight excluding hydrogens is 338 g/mol. The number of nitro benzene ring substituents is 1. The molecule has 0 aliphatic heterocycles. The molecule has 0 aliphatic rings. The van der Waals surface area contributed by atoms with Crippen molar-refractivity contribution in [2.75, 3.05) is 0 Å². The molecule has 0 spiro atoms. The Labute approximate surface area is 148 Å². The van der Waals surface area contributed by atoms with Crippen LogP contribution in [0.15, 0.2) is 56.4 Å². The van der Waals surface area contributed by atoms with Crippen LogP contribution in [-0.4, -0.2) is 17.0 Å². The second-order valence-electron chi connectivity index (χ2n) is 5.53. The fraction of sp³-hybridized carbons (Fsp3) is 0.111. The maximum atomic E-state index is 12.0. The van der Waals surface area contributed by atoms with Gasteiger partial charge in [-0.05, 0) is 44.2 Å². The number of nitrogens with zero attached hydrogens (tertiary/aromatic N) is 2. The van der Waals surface area contributed by atoms with E-state index in [0.717, 1.165) is 0 Å². The van der Waals surface area contributed by atoms with Gasteiger partial charge in [-0.2, -0.15) is 5.10 Å². The summed E-state index contributed by atoms with van der Waals surface area (Å²) in [5.41, 5.74) is 3.53. The number of furan rings is 2. The molecule has 1 aromatic carbocycles. The number of nitro groups is 1. The van der Waals surface area contributed by atoms with E-state index in [1.165, 1.54) is 18.3 Å². The Morgan fingerprint density at radius 2 is 1.88 bits per heavy atom. The van der Waals surface area contributed by atoms with Crippen LogP contribution in [0.4, 0.5) is 5.69 Å². The van der Waals surface area contributed by atoms with Crippen molar-refractivity contribution < 1.29 is 18.6 Å². The lowest BCUT2D eigenvalue weighted by molar-refractivity contribution is -0.384. The van der Waals surface area contributed by atoms with Gasteiger partial charge in [-0.3, -0.25) is 14.9 Å². The molecule has 0 bridgehead atoms. The minimum Gasteiger partial charge on any atom is -0.466 e. The van der Waals surface area contributed by atoms with Gasteiger partial charge in [0.05, 0.1) is 16.7 Å². The molecule has 8 nitrogen and oxygen atoms in total. The summed E-state index contributed by atoms with van der Waals surface area (Å²) in [7, 11) is 0. The van der Waals surface area contributed by atoms with Crippen LogP contribution >= 0.6 is 0 Å². The Hall–Kier alpha value is -3.68. The number of hydrogen-bond donors (Lipinski definition) is 1. The first kappa shape index (κ1) is 17.2. The average molecular weight is 353 g/mol. The van der Waals surface area contributed by atoms with Gasteiger partial charge in [0.2, 0.25) is 0 Å². The Morgan fingerprint density at radius 3 is 2.50 bits per heavy atom. The third kappa shape index (κ3) is 3.69. The van der Waals surface area contributed by atoms with Gasteiger partial charge in [0.25, 0.3) is 11.6 Å². The second kappa shape index (κ2) is 7.06. The van der Waals surface area contributed by atoms with Crippen molar-refractivity contribution >= 4 is 17.8 Å². The fourth-order valence-corrected chi connectivity index (χ4v) is 2.40. The normalized spacial score (nSPS) is 11.0. The van der Waals surface area contributed by atoms with Crippen LogP contribution in [0.2, 0.25) is 0 Å². The smallest absolute Gasteiger partial charge is 0.274 e. The molecular formula is C18H15N3O5. The number of carbonyl (C=O) groups excluding carboxylic acids is 1. The molecule has 26 heavy (non-hydrogen) atoms. The van der Waals surface area contributed by atoms with E-state index in [0.29, 0.717) is 34.2 Å². The molecule has 2 heterocycles. The van der Waals surface area contributed by atoms with Crippen LogP contribution in [0.25, 0.3) is 11.3 Å². The second-order valence-corrected chi connectivity index (χ2v) is 5.53. The van der Waals surface area contributed by atoms with Gasteiger partial charge >= 0.3 is 0 Å². The summed E-state index contributed by atoms with van der Waals surface area (Å²) >= 11 is 0. The van der Waals surface area contributed by atoms with E-state index in [9.17, 15) is 14.9 Å². The highest BCUT2D eigenvalue weighted by Crippen LogP contribution is 2.24. The monoisotopic (exact) mass is 353 g/mol. The van der Waals surface area contributed by atoms with E-state index in [2.05, 4.69) is 10.5 Å². The van der Waals surface area contributed by atoms with E-state index < -0.39 is 4.92 Å². The molecule has 1 N–H and O–H groups in total. The van der Waals surface area contributed by atoms with Gasteiger partial charge in [0.1, 0.15) is 23.0 Å². The third-order valence-electron chi connectivity index (χ3n) is 3.63. The summed E-state index contributed by atoms with van der Waals surface area (Å²) in [5, 5.41) is 14.5. The van der Waals surface area contributed by atoms with Gasteiger partial charge in [-0.15, -0.1) is 0 Å². The van der Waals surface area contributed by atoms with Crippen molar-refractivity contribution in [2.24, 2.45) is 5.10 Å². The number of hydrazone groups is 1. The number of amides is 1. The quantitative estimate of drug-likeness (QED) is 0.426. The molecule has 3 aromatic rings. The predicted molar refractivity (Wildman–Crippen MR) is 94.0 cm³/mol. The first-order valence-electron chi connectivity index (χ1n) is 7.69. The molecule has 0 saturated carbocycles. The summed E-state index contributed by atoms with van der Waals surface area (Å²) in [5.74, 6) is 1.76. The van der Waals surface area contributed by atoms with Crippen molar-refractivity contribution in [3.8, 4) is 11.3 Å². The maximum Gasteiger partial charge on any atom is 0.274 e. The lowest BCUT2D eigenvalue weighted by Crippen LogP contribution is -2.17. The molecule has 0 radical (unpaired) electrons. The number of nitrogens with one attached hydrogen (secondary N) is 1. The molecule has 0 saturated heterocycles. The van der Waals surface area contributed by atoms with Gasteiger partial charge in [-0.1, -0.05) is 0 Å². The van der Waals surface area contributed by atoms with E-state index >= 15 is 0 Å². The zero-order chi connectivity index (χ0) is 18.7. The lowest BCUT2D eigenvalue weighted by atomic mass is 10.1. The minimum atomic E-state index is -0.462. The Bertz CT molecular complexity index is 983. The van der Waals surface area contributed by atoms with Gasteiger partial charge < -0.3 is 8.83 Å². The summed E-state index contributed by atoms with van der Waals surface area (Å²) in [6.45, 7) is 3.46. The SMILES string of the molecule is Cc1cc(C(=O)N/N=C/c2ccc(-c3ccc([N+](=O)[O-])cc3)o2)c(C)o1. The molecule has 0 unspecified atom stereocenters. The number of non-ortho nitro benzene ring substituents is 1. The van der Waals surface area contributed by atoms with Crippen LogP contribution in [0.3, 0.4) is 0 Å². The number of carbonyl (C=O) groups is 1. The summed E-state index contributed by atoms with van der Waals surface area (Å²) in [4.78, 5) is 22.2. The van der Waals surface area contributed by atoms with E-state index in [4.69, 9.17) is 8.83 Å². The molecule has 0 atom stereocenters. The van der Waals surface area contributed by atoms with Crippen molar-refractivity contribution in [1.29, 1.82) is 0 Å². The maximum absolute atomic E-state index is 12.0. The Balaban J connectivity index is 1.66. The van der Waals surface area contributed by atoms with Crippen molar-refractivity contribution in [3.05, 3.63) is 75.4 Å². The van der Waals surface area contributed by atoms with Gasteiger partial charge in [-0.25, -0.2) is 5.43 Å². The molecule has 132 valence electrons. The Morgan fingerprint density at radius 1 is 1.15 bits per heavy atom. The summed E-state index contributed by atoms with van der Waals surface area (Å²) in [6, 6.07) is 11.0. The highest BCUT2D eigenvalue weighted by Gasteiger charge is 2.12. The average Bonchev–Trinajstić information content (AvgIpc) is 3.21. The van der Waals surface area contributed by atoms with Crippen LogP contribution in [0, 0.1) is 24.0 Å². The number of aryl methyl sites for hydroxylation is 2. The zero-order valence-corrected chi connectivity index (χ0v) is 14.1. The highest BCUT2D eigenvalue weighted by atomic mass is 16.6. The fourth-order valence-electron chi connectivity index (χ4n) is 2.40. The molecule has 2 aromatic heterocycles. The highest BCUT2D eigenvalue weighted by molar-refractivity contribution is 5.95. The van der Waals surface area contributed by atoms with E-state index in [-0.39, 0.29) is 11.6 Å². The molecule has 8 heteroatoms. The zero-order valence-electron chi connectivity index (χ0n) is 14.1. The Kier molecular flexibility index (Phi) is 4.66. The third-order valence-corrected chi connectivity index (χ3v) is 3.63. The van der Waals surface area contributed by atoms with Crippen molar-refractivity contribution in [3.63, 3.8) is 0 Å². The first-order chi connectivity index (χ1) is 12.4. The molecule has 0 fully saturated rings. The van der Waals surface area contributed by atoms with Gasteiger partial charge in [0.15, 0.2) is 0 Å². The van der Waals surface area contributed by atoms with Crippen molar-refractivity contribution in [2.45, 2.75) is 13.8 Å². The molecule has 3 rings (SSSR count). The van der Waals surface area contributed by atoms with Crippen LogP contribution in [-0.2, 0) is 0 Å². The predicted octanol–water partition coefficient (Wildman–Crippen LogP) is 3.83. The van der Waals surface area contributed by atoms with Crippen LogP contribution in [0.1, 0.15) is 27.6 Å². The summed E-state index contributed by atoms with van der Waals surface area (Å²) in [6.07, 6.45) is 1.37. The van der Waals surface area contributed by atoms with Gasteiger partial charge in [0, 0.05) is 17.7 Å². The number of hydrogen-bond acceptors (Lipinski definition) is 6. The number of benzene rings is 1. The first-order valence-corrected chi connectivity index (χ1v) is 7.69. The molecule has 1 amide bonds. The van der Waals surface area contributed by atoms with Crippen LogP contribution in [0.5, 0.6) is 0 Å². The van der Waals surface area contributed by atoms with Crippen LogP contribution < -0.4 is 5.43 Å². The standard InChI is InChI=1S/C18H15N3O5/c1-11-9-16(12(2)25-11)18(22)20-19-10-15-7-8-17(26-15)13-3-5-14(6-4-13)21(23)24/h3-10H,1-2H3,(H,20,22)/b19-10+. The van der Waals surface area contributed by atoms with Crippen molar-refractivity contribution in [1.82, 2.24) is 5.43 Å². The van der Waals surface area contributed by atoms with E-state index in [1.54, 1.807) is 44.2 Å². The van der Waals surface area contributed by atoms with E-state index in [1.807, 2.05) is 0 Å². The molecule has 0 aliphatic carbocycles. The largest absolute Gasteiger partial charge is 0.466 e. The summed E-state index contributed by atoms with van der Waals surface area (Å²) < 4.78 is 10.9. The topological polar surface area (TPSA) is 111 Å².